The molecule has 6 nitrogen and oxygen atoms in total. The Morgan fingerprint density at radius 3 is 2.76 bits per heavy atom. The fourth-order valence-corrected chi connectivity index (χ4v) is 2.49. The summed E-state index contributed by atoms with van der Waals surface area (Å²) in [5.74, 6) is 0.401. The number of amides is 1. The lowest BCUT2D eigenvalue weighted by molar-refractivity contribution is -0.129. The summed E-state index contributed by atoms with van der Waals surface area (Å²) >= 11 is 6.05. The predicted octanol–water partition coefficient (Wildman–Crippen LogP) is 1.59. The summed E-state index contributed by atoms with van der Waals surface area (Å²) in [7, 11) is 3.34. The van der Waals surface area contributed by atoms with Gasteiger partial charge in [-0.3, -0.25) is 9.59 Å². The molecule has 2 rings (SSSR count). The van der Waals surface area contributed by atoms with Crippen LogP contribution in [0.2, 0.25) is 5.02 Å². The van der Waals surface area contributed by atoms with E-state index in [0.29, 0.717) is 12.5 Å². The zero-order valence-electron chi connectivity index (χ0n) is 12.6. The van der Waals surface area contributed by atoms with E-state index in [-0.39, 0.29) is 22.2 Å². The molecular weight excluding hydrogens is 292 g/mol. The SMILES string of the molecule is CC(Nc1c(Cl)cnn(CC2CCC2)c1=O)C(=O)N(C)C. The maximum absolute atomic E-state index is 12.4. The molecule has 1 aromatic heterocycles. The van der Waals surface area contributed by atoms with Gasteiger partial charge in [0.25, 0.3) is 5.56 Å². The Kier molecular flexibility index (Phi) is 4.88. The van der Waals surface area contributed by atoms with E-state index in [2.05, 4.69) is 10.4 Å². The van der Waals surface area contributed by atoms with Crippen LogP contribution in [-0.4, -0.2) is 40.7 Å². The van der Waals surface area contributed by atoms with Gasteiger partial charge >= 0.3 is 0 Å². The van der Waals surface area contributed by atoms with E-state index in [0.717, 1.165) is 12.8 Å². The second-order valence-corrected chi connectivity index (χ2v) is 6.16. The molecule has 21 heavy (non-hydrogen) atoms. The molecule has 1 saturated carbocycles. The van der Waals surface area contributed by atoms with Gasteiger partial charge in [-0.05, 0) is 25.7 Å². The number of hydrogen-bond donors (Lipinski definition) is 1. The molecule has 116 valence electrons. The van der Waals surface area contributed by atoms with Gasteiger partial charge in [0, 0.05) is 20.6 Å². The van der Waals surface area contributed by atoms with Crippen LogP contribution >= 0.6 is 11.6 Å². The van der Waals surface area contributed by atoms with Gasteiger partial charge in [-0.2, -0.15) is 5.10 Å². The first-order valence-electron chi connectivity index (χ1n) is 7.13. The minimum atomic E-state index is -0.523. The van der Waals surface area contributed by atoms with Crippen molar-refractivity contribution in [3.8, 4) is 0 Å². The minimum absolute atomic E-state index is 0.118. The maximum Gasteiger partial charge on any atom is 0.291 e. The van der Waals surface area contributed by atoms with E-state index < -0.39 is 6.04 Å². The fraction of sp³-hybridized carbons (Fsp3) is 0.643. The van der Waals surface area contributed by atoms with E-state index in [1.807, 2.05) is 0 Å². The number of anilines is 1. The van der Waals surface area contributed by atoms with Gasteiger partial charge in [0.1, 0.15) is 11.7 Å². The molecule has 1 N–H and O–H groups in total. The van der Waals surface area contributed by atoms with Crippen LogP contribution < -0.4 is 10.9 Å². The van der Waals surface area contributed by atoms with Crippen molar-refractivity contribution in [2.75, 3.05) is 19.4 Å². The Balaban J connectivity index is 2.19. The van der Waals surface area contributed by atoms with Crippen molar-refractivity contribution >= 4 is 23.2 Å². The second-order valence-electron chi connectivity index (χ2n) is 5.75. The molecule has 1 atom stereocenters. The lowest BCUT2D eigenvalue weighted by atomic mass is 9.85. The van der Waals surface area contributed by atoms with Crippen molar-refractivity contribution in [1.82, 2.24) is 14.7 Å². The maximum atomic E-state index is 12.4. The molecule has 1 unspecified atom stereocenters. The summed E-state index contributed by atoms with van der Waals surface area (Å²) in [6.07, 6.45) is 4.94. The third kappa shape index (κ3) is 3.56. The Bertz CT molecular complexity index is 581. The van der Waals surface area contributed by atoms with Gasteiger partial charge in [-0.1, -0.05) is 18.0 Å². The van der Waals surface area contributed by atoms with Gasteiger partial charge in [0.05, 0.1) is 11.2 Å². The first kappa shape index (κ1) is 15.8. The highest BCUT2D eigenvalue weighted by atomic mass is 35.5. The summed E-state index contributed by atoms with van der Waals surface area (Å²) in [6.45, 7) is 2.31. The molecule has 1 aliphatic carbocycles. The predicted molar refractivity (Wildman–Crippen MR) is 82.6 cm³/mol. The number of rotatable bonds is 5. The van der Waals surface area contributed by atoms with Crippen LogP contribution in [0.3, 0.4) is 0 Å². The highest BCUT2D eigenvalue weighted by Gasteiger charge is 2.22. The van der Waals surface area contributed by atoms with Crippen LogP contribution in [0.15, 0.2) is 11.0 Å². The first-order chi connectivity index (χ1) is 9.90. The van der Waals surface area contributed by atoms with Crippen molar-refractivity contribution in [2.45, 2.75) is 38.8 Å². The lowest BCUT2D eigenvalue weighted by Gasteiger charge is -2.25. The molecule has 1 amide bonds. The second kappa shape index (κ2) is 6.47. The van der Waals surface area contributed by atoms with Crippen molar-refractivity contribution in [2.24, 2.45) is 5.92 Å². The highest BCUT2D eigenvalue weighted by molar-refractivity contribution is 6.33. The molecule has 1 fully saturated rings. The summed E-state index contributed by atoms with van der Waals surface area (Å²) in [4.78, 5) is 25.8. The molecule has 0 spiro atoms. The summed E-state index contributed by atoms with van der Waals surface area (Å²) < 4.78 is 1.44. The molecule has 7 heteroatoms. The first-order valence-corrected chi connectivity index (χ1v) is 7.51. The van der Waals surface area contributed by atoms with Crippen LogP contribution in [-0.2, 0) is 11.3 Å². The average Bonchev–Trinajstić information content (AvgIpc) is 2.39. The quantitative estimate of drug-likeness (QED) is 0.896. The molecule has 0 aliphatic heterocycles. The standard InChI is InChI=1S/C14H21ClN4O2/c1-9(13(20)18(2)3)17-12-11(15)7-16-19(14(12)21)8-10-5-4-6-10/h7,9-10,17H,4-6,8H2,1-3H3. The Morgan fingerprint density at radius 2 is 2.24 bits per heavy atom. The monoisotopic (exact) mass is 312 g/mol. The van der Waals surface area contributed by atoms with Crippen molar-refractivity contribution in [1.29, 1.82) is 0 Å². The molecule has 1 heterocycles. The molecule has 0 radical (unpaired) electrons. The zero-order chi connectivity index (χ0) is 15.6. The average molecular weight is 313 g/mol. The van der Waals surface area contributed by atoms with Crippen molar-refractivity contribution < 1.29 is 4.79 Å². The summed E-state index contributed by atoms with van der Waals surface area (Å²) in [5.41, 5.74) is -0.0264. The molecule has 0 bridgehead atoms. The number of halogens is 1. The van der Waals surface area contributed by atoms with E-state index in [1.54, 1.807) is 21.0 Å². The molecule has 0 aromatic carbocycles. The van der Waals surface area contributed by atoms with Crippen LogP contribution in [0.25, 0.3) is 0 Å². The number of nitrogens with one attached hydrogen (secondary N) is 1. The van der Waals surface area contributed by atoms with Crippen LogP contribution in [0.5, 0.6) is 0 Å². The molecule has 1 aromatic rings. The molecular formula is C14H21ClN4O2. The third-order valence-electron chi connectivity index (χ3n) is 3.83. The van der Waals surface area contributed by atoms with Gasteiger partial charge < -0.3 is 10.2 Å². The van der Waals surface area contributed by atoms with Gasteiger partial charge in [0.2, 0.25) is 5.91 Å². The Labute approximate surface area is 129 Å². The molecule has 1 aliphatic rings. The van der Waals surface area contributed by atoms with Crippen LogP contribution in [0.1, 0.15) is 26.2 Å². The Hall–Kier alpha value is -1.56. The highest BCUT2D eigenvalue weighted by Crippen LogP contribution is 2.27. The number of nitrogens with zero attached hydrogens (tertiary/aromatic N) is 3. The summed E-state index contributed by atoms with van der Waals surface area (Å²) in [6, 6.07) is -0.523. The van der Waals surface area contributed by atoms with E-state index in [4.69, 9.17) is 11.6 Å². The van der Waals surface area contributed by atoms with Gasteiger partial charge in [-0.15, -0.1) is 0 Å². The largest absolute Gasteiger partial charge is 0.368 e. The minimum Gasteiger partial charge on any atom is -0.368 e. The van der Waals surface area contributed by atoms with Crippen LogP contribution in [0, 0.1) is 5.92 Å². The lowest BCUT2D eigenvalue weighted by Crippen LogP contribution is -2.39. The van der Waals surface area contributed by atoms with Crippen molar-refractivity contribution in [3.05, 3.63) is 21.6 Å². The van der Waals surface area contributed by atoms with Crippen molar-refractivity contribution in [3.63, 3.8) is 0 Å². The van der Waals surface area contributed by atoms with Gasteiger partial charge in [-0.25, -0.2) is 4.68 Å². The number of aromatic nitrogens is 2. The van der Waals surface area contributed by atoms with Gasteiger partial charge in [0.15, 0.2) is 0 Å². The number of carbonyl (C=O) groups is 1. The number of hydrogen-bond acceptors (Lipinski definition) is 4. The van der Waals surface area contributed by atoms with Crippen LogP contribution in [0.4, 0.5) is 5.69 Å². The van der Waals surface area contributed by atoms with E-state index >= 15 is 0 Å². The van der Waals surface area contributed by atoms with E-state index in [1.165, 1.54) is 22.2 Å². The number of carbonyl (C=O) groups excluding carboxylic acids is 1. The molecule has 0 saturated heterocycles. The smallest absolute Gasteiger partial charge is 0.291 e. The third-order valence-corrected chi connectivity index (χ3v) is 4.11. The topological polar surface area (TPSA) is 67.2 Å². The fourth-order valence-electron chi connectivity index (χ4n) is 2.31. The summed E-state index contributed by atoms with van der Waals surface area (Å²) in [5, 5.41) is 7.24. The van der Waals surface area contributed by atoms with E-state index in [9.17, 15) is 9.59 Å². The normalized spacial score (nSPS) is 16.2. The zero-order valence-corrected chi connectivity index (χ0v) is 13.4. The number of likely N-dealkylation sites (N-methyl/N-ethyl adjacent to an activating group) is 1. The Morgan fingerprint density at radius 1 is 1.57 bits per heavy atom.